The third-order valence-electron chi connectivity index (χ3n) is 4.40. The van der Waals surface area contributed by atoms with E-state index in [9.17, 15) is 0 Å². The largest absolute Gasteiger partial charge is 0.455 e. The van der Waals surface area contributed by atoms with Crippen molar-refractivity contribution in [1.29, 1.82) is 0 Å². The molecular formula is C10H18O3Si2. The topological polar surface area (TPSA) is 34.3 Å². The van der Waals surface area contributed by atoms with Crippen LogP contribution >= 0.6 is 0 Å². The van der Waals surface area contributed by atoms with Crippen LogP contribution in [0.5, 0.6) is 0 Å². The average Bonchev–Trinajstić information content (AvgIpc) is 2.91. The van der Waals surface area contributed by atoms with Crippen molar-refractivity contribution in [3.05, 3.63) is 0 Å². The van der Waals surface area contributed by atoms with Crippen molar-refractivity contribution in [2.24, 2.45) is 0 Å². The van der Waals surface area contributed by atoms with Gasteiger partial charge < -0.3 is 13.6 Å². The molecule has 0 amide bonds. The lowest BCUT2D eigenvalue weighted by atomic mass is 10.4. The maximum atomic E-state index is 6.67. The van der Waals surface area contributed by atoms with Gasteiger partial charge in [-0.1, -0.05) is 0 Å². The second-order valence-electron chi connectivity index (χ2n) is 6.24. The summed E-state index contributed by atoms with van der Waals surface area (Å²) in [6, 6.07) is 5.04. The first-order valence-electron chi connectivity index (χ1n) is 6.06. The van der Waals surface area contributed by atoms with Gasteiger partial charge in [0.2, 0.25) is 0 Å². The summed E-state index contributed by atoms with van der Waals surface area (Å²) in [7, 11) is -2.73. The fraction of sp³-hybridized carbons (Fsp3) is 1.00. The van der Waals surface area contributed by atoms with Crippen LogP contribution in [0, 0.1) is 0 Å². The van der Waals surface area contributed by atoms with Crippen LogP contribution in [0.25, 0.3) is 0 Å². The summed E-state index contributed by atoms with van der Waals surface area (Å²) < 4.78 is 17.7. The second-order valence-corrected chi connectivity index (χ2v) is 14.5. The molecule has 0 aromatic rings. The predicted molar refractivity (Wildman–Crippen MR) is 60.9 cm³/mol. The summed E-state index contributed by atoms with van der Waals surface area (Å²) in [5.41, 5.74) is 0. The van der Waals surface area contributed by atoms with E-state index in [1.807, 2.05) is 0 Å². The Morgan fingerprint density at radius 3 is 1.47 bits per heavy atom. The van der Waals surface area contributed by atoms with E-state index >= 15 is 0 Å². The number of hydrogen-bond acceptors (Lipinski definition) is 3. The lowest BCUT2D eigenvalue weighted by Gasteiger charge is -2.35. The normalized spacial score (nSPS) is 65.2. The maximum Gasteiger partial charge on any atom is 0.181 e. The van der Waals surface area contributed by atoms with E-state index in [-0.39, 0.29) is 0 Å². The molecule has 4 aliphatic heterocycles. The Kier molecular flexibility index (Phi) is 1.61. The standard InChI is InChI=1S/C10H18O3Si2/c1-14(3-7-8(4-14)11-7)13-15(2)5-9-10(6-15)12-9/h7-10H,3-6H2,1-2H3. The SMILES string of the molecule is C[Si]1(O[Si]2(C)CC3OC3C2)CC2OC2C1. The average molecular weight is 242 g/mol. The van der Waals surface area contributed by atoms with Gasteiger partial charge in [0.1, 0.15) is 0 Å². The Labute approximate surface area is 92.3 Å². The molecule has 0 aromatic heterocycles. The summed E-state index contributed by atoms with van der Waals surface area (Å²) >= 11 is 0. The van der Waals surface area contributed by atoms with Gasteiger partial charge in [0, 0.05) is 0 Å². The van der Waals surface area contributed by atoms with E-state index in [2.05, 4.69) is 13.1 Å². The molecule has 4 rings (SSSR count). The molecule has 0 aromatic carbocycles. The van der Waals surface area contributed by atoms with Crippen LogP contribution in [0.15, 0.2) is 0 Å². The van der Waals surface area contributed by atoms with Gasteiger partial charge in [-0.3, -0.25) is 0 Å². The fourth-order valence-corrected chi connectivity index (χ4v) is 15.0. The highest BCUT2D eigenvalue weighted by Crippen LogP contribution is 2.51. The van der Waals surface area contributed by atoms with Crippen molar-refractivity contribution < 1.29 is 13.6 Å². The molecule has 84 valence electrons. The summed E-state index contributed by atoms with van der Waals surface area (Å²) in [6.07, 6.45) is 2.36. The van der Waals surface area contributed by atoms with Gasteiger partial charge in [-0.15, -0.1) is 0 Å². The first kappa shape index (κ1) is 9.35. The Hall–Kier alpha value is 0.314. The van der Waals surface area contributed by atoms with Gasteiger partial charge in [0.25, 0.3) is 0 Å². The van der Waals surface area contributed by atoms with E-state index in [0.717, 1.165) is 0 Å². The van der Waals surface area contributed by atoms with Gasteiger partial charge in [0.05, 0.1) is 24.4 Å². The van der Waals surface area contributed by atoms with Crippen molar-refractivity contribution in [3.8, 4) is 0 Å². The van der Waals surface area contributed by atoms with Crippen molar-refractivity contribution >= 4 is 16.6 Å². The third-order valence-corrected chi connectivity index (χ3v) is 13.4. The minimum atomic E-state index is -1.36. The highest BCUT2D eigenvalue weighted by Gasteiger charge is 2.62. The first-order chi connectivity index (χ1) is 7.05. The zero-order valence-corrected chi connectivity index (χ0v) is 11.4. The number of fused-ring (bicyclic) bond motifs is 2. The molecule has 0 radical (unpaired) electrons. The lowest BCUT2D eigenvalue weighted by Crippen LogP contribution is -2.47. The quantitative estimate of drug-likeness (QED) is 0.546. The molecule has 4 atom stereocenters. The fourth-order valence-electron chi connectivity index (χ4n) is 3.71. The number of ether oxygens (including phenoxy) is 2. The summed E-state index contributed by atoms with van der Waals surface area (Å²) in [5.74, 6) is 0. The van der Waals surface area contributed by atoms with E-state index < -0.39 is 16.6 Å². The minimum absolute atomic E-state index is 0.589. The highest BCUT2D eigenvalue weighted by molar-refractivity contribution is 6.87. The molecule has 4 aliphatic rings. The zero-order valence-electron chi connectivity index (χ0n) is 9.36. The van der Waals surface area contributed by atoms with Crippen molar-refractivity contribution in [1.82, 2.24) is 0 Å². The van der Waals surface area contributed by atoms with Gasteiger partial charge >= 0.3 is 0 Å². The Bertz CT molecular complexity index is 272. The lowest BCUT2D eigenvalue weighted by molar-refractivity contribution is 0.347. The molecular weight excluding hydrogens is 224 g/mol. The molecule has 15 heavy (non-hydrogen) atoms. The summed E-state index contributed by atoms with van der Waals surface area (Å²) in [5, 5.41) is 0. The van der Waals surface area contributed by atoms with Crippen LogP contribution in [0.4, 0.5) is 0 Å². The van der Waals surface area contributed by atoms with Crippen molar-refractivity contribution in [2.75, 3.05) is 0 Å². The van der Waals surface area contributed by atoms with Gasteiger partial charge in [0.15, 0.2) is 16.6 Å². The Balaban J connectivity index is 1.46. The van der Waals surface area contributed by atoms with Crippen LogP contribution in [0.1, 0.15) is 0 Å². The van der Waals surface area contributed by atoms with Gasteiger partial charge in [-0.25, -0.2) is 0 Å². The van der Waals surface area contributed by atoms with Crippen LogP contribution in [-0.4, -0.2) is 41.1 Å². The molecule has 5 heteroatoms. The van der Waals surface area contributed by atoms with E-state index in [1.54, 1.807) is 0 Å². The smallest absolute Gasteiger partial charge is 0.181 e. The first-order valence-corrected chi connectivity index (χ1v) is 11.7. The minimum Gasteiger partial charge on any atom is -0.455 e. The van der Waals surface area contributed by atoms with E-state index in [0.29, 0.717) is 24.4 Å². The molecule has 4 heterocycles. The molecule has 4 saturated heterocycles. The predicted octanol–water partition coefficient (Wildman–Crippen LogP) is 1.72. The highest BCUT2D eigenvalue weighted by atomic mass is 28.4. The number of hydrogen-bond donors (Lipinski definition) is 0. The molecule has 0 saturated carbocycles. The maximum absolute atomic E-state index is 6.67. The number of epoxide rings is 2. The van der Waals surface area contributed by atoms with Crippen LogP contribution in [-0.2, 0) is 13.6 Å². The molecule has 0 N–H and O–H groups in total. The third kappa shape index (κ3) is 1.48. The molecule has 3 nitrogen and oxygen atoms in total. The summed E-state index contributed by atoms with van der Waals surface area (Å²) in [4.78, 5) is 0. The van der Waals surface area contributed by atoms with Gasteiger partial charge in [-0.2, -0.15) is 0 Å². The van der Waals surface area contributed by atoms with E-state index in [1.165, 1.54) is 24.2 Å². The molecule has 0 spiro atoms. The molecule has 4 unspecified atom stereocenters. The van der Waals surface area contributed by atoms with Gasteiger partial charge in [-0.05, 0) is 37.3 Å². The summed E-state index contributed by atoms with van der Waals surface area (Å²) in [6.45, 7) is 4.84. The van der Waals surface area contributed by atoms with Crippen LogP contribution in [0.2, 0.25) is 37.3 Å². The Morgan fingerprint density at radius 2 is 1.13 bits per heavy atom. The van der Waals surface area contributed by atoms with Crippen LogP contribution < -0.4 is 0 Å². The van der Waals surface area contributed by atoms with E-state index in [4.69, 9.17) is 13.6 Å². The molecule has 4 fully saturated rings. The van der Waals surface area contributed by atoms with Crippen molar-refractivity contribution in [3.63, 3.8) is 0 Å². The second kappa shape index (κ2) is 2.59. The monoisotopic (exact) mass is 242 g/mol. The van der Waals surface area contributed by atoms with Crippen LogP contribution in [0.3, 0.4) is 0 Å². The molecule has 0 aliphatic carbocycles. The number of rotatable bonds is 2. The van der Waals surface area contributed by atoms with Crippen molar-refractivity contribution in [2.45, 2.75) is 61.7 Å². The Morgan fingerprint density at radius 1 is 0.800 bits per heavy atom. The molecule has 0 bridgehead atoms. The zero-order chi connectivity index (χ0) is 10.3.